The van der Waals surface area contributed by atoms with Gasteiger partial charge in [0.1, 0.15) is 23.2 Å². The van der Waals surface area contributed by atoms with Gasteiger partial charge in [-0.2, -0.15) is 10.5 Å². The summed E-state index contributed by atoms with van der Waals surface area (Å²) < 4.78 is 5.18. The maximum atomic E-state index is 10.9. The average molecular weight is 321 g/mol. The van der Waals surface area contributed by atoms with Crippen LogP contribution in [0.3, 0.4) is 0 Å². The van der Waals surface area contributed by atoms with Crippen LogP contribution in [0.4, 0.5) is 11.4 Å². The van der Waals surface area contributed by atoms with Crippen LogP contribution in [0.15, 0.2) is 34.4 Å². The number of ether oxygens (including phenoxy) is 1. The molecule has 1 aliphatic rings. The number of benzene rings is 1. The van der Waals surface area contributed by atoms with Gasteiger partial charge in [0, 0.05) is 22.6 Å². The van der Waals surface area contributed by atoms with Gasteiger partial charge in [-0.15, -0.1) is 0 Å². The molecule has 1 aliphatic heterocycles. The van der Waals surface area contributed by atoms with Crippen LogP contribution in [0.1, 0.15) is 11.7 Å². The summed E-state index contributed by atoms with van der Waals surface area (Å²) in [6.07, 6.45) is 0.605. The predicted octanol–water partition coefficient (Wildman–Crippen LogP) is 1.95. The summed E-state index contributed by atoms with van der Waals surface area (Å²) in [5, 5.41) is 23.9. The third kappa shape index (κ3) is 2.43. The Labute approximate surface area is 128 Å². The maximum absolute atomic E-state index is 10.9. The first-order valence-corrected chi connectivity index (χ1v) is 6.97. The van der Waals surface area contributed by atoms with Crippen molar-refractivity contribution in [2.24, 2.45) is 0 Å². The Morgan fingerprint density at radius 3 is 3.00 bits per heavy atom. The second-order valence-electron chi connectivity index (χ2n) is 4.35. The fourth-order valence-corrected chi connectivity index (χ4v) is 3.09. The van der Waals surface area contributed by atoms with E-state index in [9.17, 15) is 15.3 Å². The van der Waals surface area contributed by atoms with Gasteiger partial charge < -0.3 is 15.3 Å². The number of anilines is 1. The van der Waals surface area contributed by atoms with Crippen LogP contribution >= 0.6 is 11.8 Å². The number of nitrogens with one attached hydrogen (secondary N) is 2. The molecular weight excluding hydrogens is 310 g/mol. The molecule has 0 saturated carbocycles. The van der Waals surface area contributed by atoms with Crippen molar-refractivity contribution < 1.29 is 14.9 Å². The number of methoxy groups -OCH3 is 1. The van der Waals surface area contributed by atoms with Crippen LogP contribution < -0.4 is 15.5 Å². The van der Waals surface area contributed by atoms with E-state index in [0.29, 0.717) is 22.2 Å². The highest BCUT2D eigenvalue weighted by Crippen LogP contribution is 2.44. The SMILES string of the molecule is COc1ncnc2c1N[C@@H](NO)c1cc([N+](=O)[O-])ccc1S2. The van der Waals surface area contributed by atoms with E-state index >= 15 is 0 Å². The number of nitrogens with zero attached hydrogens (tertiary/aromatic N) is 3. The van der Waals surface area contributed by atoms with Crippen molar-refractivity contribution in [1.82, 2.24) is 15.4 Å². The summed E-state index contributed by atoms with van der Waals surface area (Å²) in [6.45, 7) is 0. The molecule has 10 heteroatoms. The monoisotopic (exact) mass is 321 g/mol. The molecule has 1 aromatic carbocycles. The van der Waals surface area contributed by atoms with Gasteiger partial charge >= 0.3 is 0 Å². The highest BCUT2D eigenvalue weighted by molar-refractivity contribution is 7.99. The van der Waals surface area contributed by atoms with Crippen LogP contribution in [0.25, 0.3) is 0 Å². The van der Waals surface area contributed by atoms with Gasteiger partial charge in [-0.25, -0.2) is 4.98 Å². The third-order valence-electron chi connectivity index (χ3n) is 3.11. The molecule has 1 aromatic heterocycles. The predicted molar refractivity (Wildman–Crippen MR) is 77.1 cm³/mol. The van der Waals surface area contributed by atoms with E-state index in [4.69, 9.17) is 4.74 Å². The van der Waals surface area contributed by atoms with Gasteiger partial charge in [0.15, 0.2) is 0 Å². The largest absolute Gasteiger partial charge is 0.479 e. The molecule has 22 heavy (non-hydrogen) atoms. The van der Waals surface area contributed by atoms with Crippen molar-refractivity contribution in [2.75, 3.05) is 12.4 Å². The van der Waals surface area contributed by atoms with E-state index in [1.54, 1.807) is 6.07 Å². The molecule has 0 fully saturated rings. The van der Waals surface area contributed by atoms with Crippen LogP contribution in [0, 0.1) is 10.1 Å². The molecule has 3 rings (SSSR count). The van der Waals surface area contributed by atoms with Crippen molar-refractivity contribution in [1.29, 1.82) is 0 Å². The summed E-state index contributed by atoms with van der Waals surface area (Å²) in [7, 11) is 1.47. The number of hydroxylamine groups is 1. The lowest BCUT2D eigenvalue weighted by molar-refractivity contribution is -0.385. The third-order valence-corrected chi connectivity index (χ3v) is 4.21. The van der Waals surface area contributed by atoms with Gasteiger partial charge in [0.2, 0.25) is 5.88 Å². The van der Waals surface area contributed by atoms with Crippen molar-refractivity contribution >= 4 is 23.1 Å². The minimum absolute atomic E-state index is 0.0644. The molecule has 0 spiro atoms. The number of rotatable bonds is 3. The number of aromatic nitrogens is 2. The number of non-ortho nitro benzene ring substituents is 1. The standard InChI is InChI=1S/C12H11N5O4S/c1-21-11-9-12(14-5-13-11)22-8-3-2-6(17(19)20)4-7(8)10(15-9)16-18/h2-5,10,15-16,18H,1H3/t10-/m0/s1. The molecule has 0 aliphatic carbocycles. The van der Waals surface area contributed by atoms with Crippen molar-refractivity contribution in [3.8, 4) is 5.88 Å². The molecule has 0 amide bonds. The van der Waals surface area contributed by atoms with Crippen LogP contribution in [-0.4, -0.2) is 27.2 Å². The number of hydrogen-bond donors (Lipinski definition) is 3. The Hall–Kier alpha value is -2.43. The minimum atomic E-state index is -0.761. The molecule has 2 aromatic rings. The van der Waals surface area contributed by atoms with E-state index < -0.39 is 11.1 Å². The molecule has 3 N–H and O–H groups in total. The van der Waals surface area contributed by atoms with Gasteiger partial charge in [-0.3, -0.25) is 10.1 Å². The Bertz CT molecular complexity index is 741. The summed E-state index contributed by atoms with van der Waals surface area (Å²) >= 11 is 1.31. The van der Waals surface area contributed by atoms with Gasteiger partial charge in [-0.1, -0.05) is 11.8 Å². The Kier molecular flexibility index (Phi) is 3.79. The zero-order chi connectivity index (χ0) is 15.7. The van der Waals surface area contributed by atoms with Gasteiger partial charge in [0.25, 0.3) is 5.69 Å². The van der Waals surface area contributed by atoms with E-state index in [0.717, 1.165) is 4.90 Å². The molecule has 114 valence electrons. The zero-order valence-corrected chi connectivity index (χ0v) is 12.1. The molecule has 9 nitrogen and oxygen atoms in total. The highest BCUT2D eigenvalue weighted by atomic mass is 32.2. The average Bonchev–Trinajstić information content (AvgIpc) is 2.69. The first-order valence-electron chi connectivity index (χ1n) is 6.15. The Balaban J connectivity index is 2.13. The normalized spacial score (nSPS) is 16.0. The second-order valence-corrected chi connectivity index (χ2v) is 5.38. The molecule has 0 bridgehead atoms. The fourth-order valence-electron chi connectivity index (χ4n) is 2.11. The van der Waals surface area contributed by atoms with E-state index in [2.05, 4.69) is 20.8 Å². The van der Waals surface area contributed by atoms with Crippen LogP contribution in [0.5, 0.6) is 5.88 Å². The van der Waals surface area contributed by atoms with Crippen LogP contribution in [0.2, 0.25) is 0 Å². The van der Waals surface area contributed by atoms with Crippen molar-refractivity contribution in [3.05, 3.63) is 40.2 Å². The fraction of sp³-hybridized carbons (Fsp3) is 0.167. The first-order chi connectivity index (χ1) is 10.6. The maximum Gasteiger partial charge on any atom is 0.269 e. The van der Waals surface area contributed by atoms with Gasteiger partial charge in [0.05, 0.1) is 12.0 Å². The van der Waals surface area contributed by atoms with Crippen molar-refractivity contribution in [2.45, 2.75) is 16.1 Å². The van der Waals surface area contributed by atoms with E-state index in [1.807, 2.05) is 0 Å². The van der Waals surface area contributed by atoms with Crippen LogP contribution in [-0.2, 0) is 0 Å². The molecule has 0 saturated heterocycles. The minimum Gasteiger partial charge on any atom is -0.479 e. The summed E-state index contributed by atoms with van der Waals surface area (Å²) in [6, 6.07) is 4.42. The lowest BCUT2D eigenvalue weighted by Crippen LogP contribution is -2.25. The summed E-state index contributed by atoms with van der Waals surface area (Å²) in [4.78, 5) is 19.4. The van der Waals surface area contributed by atoms with E-state index in [-0.39, 0.29) is 5.69 Å². The molecule has 2 heterocycles. The number of hydrogen-bond acceptors (Lipinski definition) is 9. The Morgan fingerprint density at radius 1 is 1.50 bits per heavy atom. The van der Waals surface area contributed by atoms with Crippen molar-refractivity contribution in [3.63, 3.8) is 0 Å². The Morgan fingerprint density at radius 2 is 2.32 bits per heavy atom. The van der Waals surface area contributed by atoms with Gasteiger partial charge in [-0.05, 0) is 6.07 Å². The lowest BCUT2D eigenvalue weighted by Gasteiger charge is -2.18. The molecule has 0 radical (unpaired) electrons. The number of nitro benzene ring substituents is 1. The first kappa shape index (κ1) is 14.5. The smallest absolute Gasteiger partial charge is 0.269 e. The molecular formula is C12H11N5O4S. The number of fused-ring (bicyclic) bond motifs is 2. The lowest BCUT2D eigenvalue weighted by atomic mass is 10.1. The quantitative estimate of drug-likeness (QED) is 0.442. The zero-order valence-electron chi connectivity index (χ0n) is 11.3. The summed E-state index contributed by atoms with van der Waals surface area (Å²) in [5.41, 5.74) is 3.07. The number of nitro groups is 1. The molecule has 1 atom stereocenters. The topological polar surface area (TPSA) is 122 Å². The highest BCUT2D eigenvalue weighted by Gasteiger charge is 2.27. The summed E-state index contributed by atoms with van der Waals surface area (Å²) in [5.74, 6) is 0.319. The second kappa shape index (κ2) is 5.75. The molecule has 0 unspecified atom stereocenters. The van der Waals surface area contributed by atoms with E-state index in [1.165, 1.54) is 37.3 Å².